The van der Waals surface area contributed by atoms with E-state index in [1.807, 2.05) is 36.5 Å². The van der Waals surface area contributed by atoms with Crippen LogP contribution in [0.4, 0.5) is 5.82 Å². The summed E-state index contributed by atoms with van der Waals surface area (Å²) >= 11 is 0. The van der Waals surface area contributed by atoms with Crippen molar-refractivity contribution in [3.63, 3.8) is 0 Å². The Labute approximate surface area is 123 Å². The number of rotatable bonds is 5. The average molecular weight is 276 g/mol. The number of anilines is 1. The van der Waals surface area contributed by atoms with Crippen molar-refractivity contribution in [3.05, 3.63) is 66.4 Å². The maximum absolute atomic E-state index is 4.23. The fourth-order valence-corrected chi connectivity index (χ4v) is 2.16. The van der Waals surface area contributed by atoms with Gasteiger partial charge in [-0.3, -0.25) is 5.43 Å². The topological polar surface area (TPSA) is 50.2 Å². The van der Waals surface area contributed by atoms with Gasteiger partial charge in [-0.25, -0.2) is 0 Å². The molecular weight excluding hydrogens is 260 g/mol. The molecule has 0 aliphatic carbocycles. The summed E-state index contributed by atoms with van der Waals surface area (Å²) in [6.07, 6.45) is 5.48. The monoisotopic (exact) mass is 276 g/mol. The lowest BCUT2D eigenvalue weighted by molar-refractivity contribution is 1.03. The Bertz CT molecular complexity index is 733. The van der Waals surface area contributed by atoms with Gasteiger partial charge in [0.05, 0.1) is 6.20 Å². The van der Waals surface area contributed by atoms with Crippen LogP contribution in [0.25, 0.3) is 10.8 Å². The molecule has 3 rings (SSSR count). The molecule has 0 bridgehead atoms. The SMILES string of the molecule is C(CCc1ccccc1)=NNc1nncc2ccccc12. The van der Waals surface area contributed by atoms with E-state index in [4.69, 9.17) is 0 Å². The molecule has 4 heteroatoms. The number of hydrogen-bond donors (Lipinski definition) is 1. The van der Waals surface area contributed by atoms with Gasteiger partial charge in [-0.05, 0) is 18.4 Å². The Morgan fingerprint density at radius 2 is 1.81 bits per heavy atom. The molecule has 0 amide bonds. The predicted molar refractivity (Wildman–Crippen MR) is 86.4 cm³/mol. The fourth-order valence-electron chi connectivity index (χ4n) is 2.16. The zero-order valence-corrected chi connectivity index (χ0v) is 11.6. The first-order valence-electron chi connectivity index (χ1n) is 6.95. The average Bonchev–Trinajstić information content (AvgIpc) is 2.56. The van der Waals surface area contributed by atoms with Gasteiger partial charge in [-0.1, -0.05) is 54.6 Å². The first kappa shape index (κ1) is 13.2. The van der Waals surface area contributed by atoms with E-state index >= 15 is 0 Å². The fraction of sp³-hybridized carbons (Fsp3) is 0.118. The van der Waals surface area contributed by atoms with E-state index in [2.05, 4.69) is 45.0 Å². The lowest BCUT2D eigenvalue weighted by Gasteiger charge is -2.02. The third-order valence-electron chi connectivity index (χ3n) is 3.24. The van der Waals surface area contributed by atoms with Gasteiger partial charge in [0.15, 0.2) is 5.82 Å². The minimum Gasteiger partial charge on any atom is -0.260 e. The predicted octanol–water partition coefficient (Wildman–Crippen LogP) is 3.66. The second kappa shape index (κ2) is 6.61. The molecule has 0 spiro atoms. The van der Waals surface area contributed by atoms with Gasteiger partial charge in [0.25, 0.3) is 0 Å². The molecule has 3 aromatic rings. The quantitative estimate of drug-likeness (QED) is 0.571. The van der Waals surface area contributed by atoms with Crippen LogP contribution in [0.15, 0.2) is 65.9 Å². The van der Waals surface area contributed by atoms with Crippen LogP contribution in [0.1, 0.15) is 12.0 Å². The van der Waals surface area contributed by atoms with Crippen molar-refractivity contribution in [2.75, 3.05) is 5.43 Å². The Morgan fingerprint density at radius 1 is 1.00 bits per heavy atom. The molecule has 0 aliphatic heterocycles. The van der Waals surface area contributed by atoms with Crippen LogP contribution in [0.3, 0.4) is 0 Å². The number of nitrogens with one attached hydrogen (secondary N) is 1. The van der Waals surface area contributed by atoms with Crippen molar-refractivity contribution in [2.24, 2.45) is 5.10 Å². The van der Waals surface area contributed by atoms with E-state index in [1.54, 1.807) is 6.20 Å². The Morgan fingerprint density at radius 3 is 2.71 bits per heavy atom. The smallest absolute Gasteiger partial charge is 0.176 e. The first-order chi connectivity index (χ1) is 10.4. The molecule has 0 atom stereocenters. The summed E-state index contributed by atoms with van der Waals surface area (Å²) in [7, 11) is 0. The summed E-state index contributed by atoms with van der Waals surface area (Å²) in [5.41, 5.74) is 4.28. The molecule has 1 aromatic heterocycles. The van der Waals surface area contributed by atoms with Crippen molar-refractivity contribution in [1.82, 2.24) is 10.2 Å². The van der Waals surface area contributed by atoms with Crippen molar-refractivity contribution in [1.29, 1.82) is 0 Å². The first-order valence-corrected chi connectivity index (χ1v) is 6.95. The Kier molecular flexibility index (Phi) is 4.17. The minimum absolute atomic E-state index is 0.684. The van der Waals surface area contributed by atoms with Crippen LogP contribution < -0.4 is 5.43 Å². The van der Waals surface area contributed by atoms with Gasteiger partial charge >= 0.3 is 0 Å². The largest absolute Gasteiger partial charge is 0.260 e. The lowest BCUT2D eigenvalue weighted by Crippen LogP contribution is -1.96. The van der Waals surface area contributed by atoms with Gasteiger partial charge in [0.1, 0.15) is 0 Å². The van der Waals surface area contributed by atoms with Crippen molar-refractivity contribution < 1.29 is 0 Å². The van der Waals surface area contributed by atoms with Gasteiger partial charge in [-0.15, -0.1) is 5.10 Å². The molecule has 104 valence electrons. The molecule has 0 aliphatic rings. The summed E-state index contributed by atoms with van der Waals surface area (Å²) in [5, 5.41) is 14.4. The maximum Gasteiger partial charge on any atom is 0.176 e. The van der Waals surface area contributed by atoms with E-state index in [-0.39, 0.29) is 0 Å². The number of hydrazone groups is 1. The summed E-state index contributed by atoms with van der Waals surface area (Å²) in [4.78, 5) is 0. The second-order valence-electron chi connectivity index (χ2n) is 4.73. The molecule has 0 unspecified atom stereocenters. The molecule has 1 heterocycles. The number of aryl methyl sites for hydroxylation is 1. The third-order valence-corrected chi connectivity index (χ3v) is 3.24. The van der Waals surface area contributed by atoms with Crippen LogP contribution >= 0.6 is 0 Å². The Balaban J connectivity index is 1.60. The standard InChI is InChI=1S/C17H16N4/c1-2-7-14(8-3-1)9-6-12-18-20-17-16-11-5-4-10-15(16)13-19-21-17/h1-5,7-8,10-13H,6,9H2,(H,20,21). The van der Waals surface area contributed by atoms with Crippen molar-refractivity contribution >= 4 is 22.8 Å². The number of aromatic nitrogens is 2. The van der Waals surface area contributed by atoms with Crippen molar-refractivity contribution in [2.45, 2.75) is 12.8 Å². The van der Waals surface area contributed by atoms with Crippen LogP contribution in [-0.4, -0.2) is 16.4 Å². The van der Waals surface area contributed by atoms with Gasteiger partial charge in [0, 0.05) is 17.0 Å². The maximum atomic E-state index is 4.23. The van der Waals surface area contributed by atoms with Crippen LogP contribution in [0.5, 0.6) is 0 Å². The highest BCUT2D eigenvalue weighted by atomic mass is 15.3. The van der Waals surface area contributed by atoms with Gasteiger partial charge in [-0.2, -0.15) is 10.2 Å². The highest BCUT2D eigenvalue weighted by molar-refractivity contribution is 5.90. The van der Waals surface area contributed by atoms with E-state index in [0.717, 1.165) is 23.6 Å². The highest BCUT2D eigenvalue weighted by Crippen LogP contribution is 2.18. The molecule has 1 N–H and O–H groups in total. The van der Waals surface area contributed by atoms with E-state index in [9.17, 15) is 0 Å². The Hall–Kier alpha value is -2.75. The summed E-state index contributed by atoms with van der Waals surface area (Å²) in [5.74, 6) is 0.684. The summed E-state index contributed by atoms with van der Waals surface area (Å²) in [6.45, 7) is 0. The normalized spacial score (nSPS) is 11.0. The third kappa shape index (κ3) is 3.42. The molecule has 21 heavy (non-hydrogen) atoms. The number of nitrogens with zero attached hydrogens (tertiary/aromatic N) is 3. The molecule has 4 nitrogen and oxygen atoms in total. The van der Waals surface area contributed by atoms with E-state index in [1.165, 1.54) is 5.56 Å². The van der Waals surface area contributed by atoms with Gasteiger partial charge < -0.3 is 0 Å². The summed E-state index contributed by atoms with van der Waals surface area (Å²) in [6, 6.07) is 18.4. The highest BCUT2D eigenvalue weighted by Gasteiger charge is 2.00. The zero-order chi connectivity index (χ0) is 14.3. The minimum atomic E-state index is 0.684. The molecule has 2 aromatic carbocycles. The second-order valence-corrected chi connectivity index (χ2v) is 4.73. The van der Waals surface area contributed by atoms with Crippen LogP contribution in [0.2, 0.25) is 0 Å². The lowest BCUT2D eigenvalue weighted by atomic mass is 10.1. The molecule has 0 fully saturated rings. The van der Waals surface area contributed by atoms with Crippen LogP contribution in [-0.2, 0) is 6.42 Å². The molecule has 0 saturated heterocycles. The zero-order valence-electron chi connectivity index (χ0n) is 11.6. The molecule has 0 radical (unpaired) electrons. The van der Waals surface area contributed by atoms with Crippen molar-refractivity contribution in [3.8, 4) is 0 Å². The number of benzene rings is 2. The van der Waals surface area contributed by atoms with E-state index in [0.29, 0.717) is 5.82 Å². The number of hydrogen-bond acceptors (Lipinski definition) is 4. The van der Waals surface area contributed by atoms with Crippen LogP contribution in [0, 0.1) is 0 Å². The molecule has 0 saturated carbocycles. The summed E-state index contributed by atoms with van der Waals surface area (Å²) < 4.78 is 0. The van der Waals surface area contributed by atoms with E-state index < -0.39 is 0 Å². The van der Waals surface area contributed by atoms with Gasteiger partial charge in [0.2, 0.25) is 0 Å². The number of fused-ring (bicyclic) bond motifs is 1. The molecular formula is C17H16N4.